The van der Waals surface area contributed by atoms with E-state index in [0.29, 0.717) is 41.6 Å². The van der Waals surface area contributed by atoms with E-state index in [2.05, 4.69) is 26.1 Å². The van der Waals surface area contributed by atoms with E-state index in [4.69, 9.17) is 15.7 Å². The SMILES string of the molecule is CCCCNC(=O)c1c(N)n(CC(C)C)c2nc3ccccc3nc12. The smallest absolute Gasteiger partial charge is 0.257 e. The lowest BCUT2D eigenvalue weighted by Crippen LogP contribution is -2.25. The first-order valence-electron chi connectivity index (χ1n) is 8.85. The number of para-hydroxylation sites is 2. The van der Waals surface area contributed by atoms with Crippen LogP contribution >= 0.6 is 0 Å². The lowest BCUT2D eigenvalue weighted by atomic mass is 10.2. The van der Waals surface area contributed by atoms with Gasteiger partial charge >= 0.3 is 0 Å². The number of fused-ring (bicyclic) bond motifs is 2. The van der Waals surface area contributed by atoms with Gasteiger partial charge in [0.1, 0.15) is 16.9 Å². The quantitative estimate of drug-likeness (QED) is 0.674. The molecule has 0 saturated carbocycles. The van der Waals surface area contributed by atoms with E-state index in [1.54, 1.807) is 0 Å². The van der Waals surface area contributed by atoms with Gasteiger partial charge in [-0.05, 0) is 24.5 Å². The third-order valence-corrected chi connectivity index (χ3v) is 4.18. The number of nitrogens with two attached hydrogens (primary N) is 1. The minimum Gasteiger partial charge on any atom is -0.384 e. The maximum atomic E-state index is 12.7. The number of nitrogens with zero attached hydrogens (tertiary/aromatic N) is 3. The zero-order valence-electron chi connectivity index (χ0n) is 15.0. The largest absolute Gasteiger partial charge is 0.384 e. The van der Waals surface area contributed by atoms with Crippen molar-refractivity contribution in [1.29, 1.82) is 0 Å². The van der Waals surface area contributed by atoms with Crippen LogP contribution < -0.4 is 11.1 Å². The molecule has 0 aliphatic heterocycles. The Labute approximate surface area is 147 Å². The van der Waals surface area contributed by atoms with Crippen LogP contribution in [0, 0.1) is 5.92 Å². The summed E-state index contributed by atoms with van der Waals surface area (Å²) in [4.78, 5) is 22.1. The number of amides is 1. The van der Waals surface area contributed by atoms with Gasteiger partial charge in [0.05, 0.1) is 11.0 Å². The Morgan fingerprint density at radius 1 is 1.24 bits per heavy atom. The molecule has 0 spiro atoms. The fourth-order valence-electron chi connectivity index (χ4n) is 2.96. The molecule has 0 unspecified atom stereocenters. The van der Waals surface area contributed by atoms with Gasteiger partial charge in [-0.25, -0.2) is 9.97 Å². The Morgan fingerprint density at radius 3 is 2.56 bits per heavy atom. The molecule has 3 aromatic rings. The topological polar surface area (TPSA) is 85.8 Å². The zero-order valence-corrected chi connectivity index (χ0v) is 15.0. The summed E-state index contributed by atoms with van der Waals surface area (Å²) in [5, 5.41) is 2.95. The molecule has 3 N–H and O–H groups in total. The standard InChI is InChI=1S/C19H25N5O/c1-4-5-10-21-19(25)15-16-18(24(17(15)20)11-12(2)3)23-14-9-7-6-8-13(14)22-16/h6-9,12H,4-5,10-11,20H2,1-3H3,(H,21,25). The Morgan fingerprint density at radius 2 is 1.92 bits per heavy atom. The second-order valence-corrected chi connectivity index (χ2v) is 6.76. The summed E-state index contributed by atoms with van der Waals surface area (Å²) >= 11 is 0. The Bertz CT molecular complexity index is 913. The molecule has 0 saturated heterocycles. The van der Waals surface area contributed by atoms with Crippen molar-refractivity contribution in [2.45, 2.75) is 40.2 Å². The molecule has 0 fully saturated rings. The monoisotopic (exact) mass is 339 g/mol. The highest BCUT2D eigenvalue weighted by Gasteiger charge is 2.23. The first-order valence-corrected chi connectivity index (χ1v) is 8.85. The number of nitrogen functional groups attached to an aromatic ring is 1. The minimum atomic E-state index is -0.178. The summed E-state index contributed by atoms with van der Waals surface area (Å²) in [6.07, 6.45) is 1.96. The van der Waals surface area contributed by atoms with Gasteiger partial charge in [-0.1, -0.05) is 39.3 Å². The summed E-state index contributed by atoms with van der Waals surface area (Å²) in [6.45, 7) is 7.64. The predicted octanol–water partition coefficient (Wildman–Crippen LogP) is 3.35. The predicted molar refractivity (Wildman–Crippen MR) is 102 cm³/mol. The molecule has 25 heavy (non-hydrogen) atoms. The Hall–Kier alpha value is -2.63. The number of nitrogens with one attached hydrogen (secondary N) is 1. The fraction of sp³-hybridized carbons (Fsp3) is 0.421. The van der Waals surface area contributed by atoms with Crippen LogP contribution in [0.3, 0.4) is 0 Å². The van der Waals surface area contributed by atoms with Crippen molar-refractivity contribution in [3.05, 3.63) is 29.8 Å². The molecule has 0 bridgehead atoms. The average Bonchev–Trinajstić information content (AvgIpc) is 2.84. The molecule has 6 nitrogen and oxygen atoms in total. The maximum absolute atomic E-state index is 12.7. The summed E-state index contributed by atoms with van der Waals surface area (Å²) < 4.78 is 1.91. The summed E-state index contributed by atoms with van der Waals surface area (Å²) in [5.41, 5.74) is 9.60. The number of unbranched alkanes of at least 4 members (excludes halogenated alkanes) is 1. The van der Waals surface area contributed by atoms with Crippen LogP contribution in [-0.2, 0) is 6.54 Å². The lowest BCUT2D eigenvalue weighted by molar-refractivity contribution is 0.0955. The van der Waals surface area contributed by atoms with Crippen LogP contribution in [0.2, 0.25) is 0 Å². The van der Waals surface area contributed by atoms with Crippen molar-refractivity contribution < 1.29 is 4.79 Å². The second kappa shape index (κ2) is 7.09. The van der Waals surface area contributed by atoms with Gasteiger partial charge in [-0.3, -0.25) is 4.79 Å². The molecule has 0 radical (unpaired) electrons. The van der Waals surface area contributed by atoms with Crippen molar-refractivity contribution in [2.24, 2.45) is 5.92 Å². The molecule has 3 rings (SSSR count). The number of carbonyl (C=O) groups excluding carboxylic acids is 1. The molecule has 2 aromatic heterocycles. The van der Waals surface area contributed by atoms with E-state index in [-0.39, 0.29) is 5.91 Å². The molecule has 132 valence electrons. The van der Waals surface area contributed by atoms with E-state index in [9.17, 15) is 4.79 Å². The van der Waals surface area contributed by atoms with Crippen molar-refractivity contribution in [2.75, 3.05) is 12.3 Å². The van der Waals surface area contributed by atoms with Gasteiger partial charge in [-0.2, -0.15) is 0 Å². The number of rotatable bonds is 6. The van der Waals surface area contributed by atoms with E-state index in [0.717, 1.165) is 23.9 Å². The van der Waals surface area contributed by atoms with Crippen molar-refractivity contribution in [3.8, 4) is 0 Å². The van der Waals surface area contributed by atoms with Crippen molar-refractivity contribution >= 4 is 33.9 Å². The maximum Gasteiger partial charge on any atom is 0.257 e. The van der Waals surface area contributed by atoms with Gasteiger partial charge in [0.15, 0.2) is 5.65 Å². The van der Waals surface area contributed by atoms with E-state index >= 15 is 0 Å². The van der Waals surface area contributed by atoms with Crippen LogP contribution in [0.5, 0.6) is 0 Å². The highest BCUT2D eigenvalue weighted by molar-refractivity contribution is 6.10. The van der Waals surface area contributed by atoms with Crippen LogP contribution in [-0.4, -0.2) is 27.0 Å². The second-order valence-electron chi connectivity index (χ2n) is 6.76. The Kier molecular flexibility index (Phi) is 4.88. The molecule has 0 aliphatic rings. The van der Waals surface area contributed by atoms with E-state index in [1.807, 2.05) is 28.8 Å². The molecule has 1 amide bonds. The first kappa shape index (κ1) is 17.2. The fourth-order valence-corrected chi connectivity index (χ4v) is 2.96. The highest BCUT2D eigenvalue weighted by atomic mass is 16.1. The van der Waals surface area contributed by atoms with Crippen LogP contribution in [0.25, 0.3) is 22.2 Å². The zero-order chi connectivity index (χ0) is 18.0. The number of anilines is 1. The molecule has 1 aromatic carbocycles. The van der Waals surface area contributed by atoms with E-state index < -0.39 is 0 Å². The third-order valence-electron chi connectivity index (χ3n) is 4.18. The molecule has 6 heteroatoms. The number of aromatic nitrogens is 3. The van der Waals surface area contributed by atoms with E-state index in [1.165, 1.54) is 0 Å². The number of hydrogen-bond acceptors (Lipinski definition) is 4. The number of benzene rings is 1. The molecular formula is C19H25N5O. The number of carbonyl (C=O) groups is 1. The summed E-state index contributed by atoms with van der Waals surface area (Å²) in [6, 6.07) is 7.67. The normalized spacial score (nSPS) is 11.5. The van der Waals surface area contributed by atoms with Gasteiger partial charge in [0.2, 0.25) is 0 Å². The van der Waals surface area contributed by atoms with Gasteiger partial charge in [0, 0.05) is 13.1 Å². The van der Waals surface area contributed by atoms with Crippen molar-refractivity contribution in [3.63, 3.8) is 0 Å². The molecule has 0 aliphatic carbocycles. The Balaban J connectivity index is 2.18. The lowest BCUT2D eigenvalue weighted by Gasteiger charge is -2.10. The number of hydrogen-bond donors (Lipinski definition) is 2. The molecule has 2 heterocycles. The van der Waals surface area contributed by atoms with Crippen LogP contribution in [0.15, 0.2) is 24.3 Å². The minimum absolute atomic E-state index is 0.178. The average molecular weight is 339 g/mol. The summed E-state index contributed by atoms with van der Waals surface area (Å²) in [7, 11) is 0. The summed E-state index contributed by atoms with van der Waals surface area (Å²) in [5.74, 6) is 0.637. The highest BCUT2D eigenvalue weighted by Crippen LogP contribution is 2.28. The van der Waals surface area contributed by atoms with Gasteiger partial charge < -0.3 is 15.6 Å². The van der Waals surface area contributed by atoms with Gasteiger partial charge in [0.25, 0.3) is 5.91 Å². The first-order chi connectivity index (χ1) is 12.0. The van der Waals surface area contributed by atoms with Gasteiger partial charge in [-0.15, -0.1) is 0 Å². The van der Waals surface area contributed by atoms with Crippen LogP contribution in [0.4, 0.5) is 5.82 Å². The molecule has 0 atom stereocenters. The molecular weight excluding hydrogens is 314 g/mol. The third kappa shape index (κ3) is 3.29. The van der Waals surface area contributed by atoms with Crippen molar-refractivity contribution in [1.82, 2.24) is 19.9 Å². The van der Waals surface area contributed by atoms with Crippen LogP contribution in [0.1, 0.15) is 44.0 Å².